The molecule has 1 aromatic rings. The van der Waals surface area contributed by atoms with Crippen LogP contribution in [0.1, 0.15) is 17.8 Å². The minimum atomic E-state index is 0.0632. The molecule has 1 unspecified atom stereocenters. The van der Waals surface area contributed by atoms with Gasteiger partial charge in [-0.3, -0.25) is 9.78 Å². The van der Waals surface area contributed by atoms with Crippen LogP contribution in [0.15, 0.2) is 12.1 Å². The van der Waals surface area contributed by atoms with Crippen LogP contribution >= 0.6 is 0 Å². The van der Waals surface area contributed by atoms with Crippen molar-refractivity contribution < 1.29 is 9.90 Å². The highest BCUT2D eigenvalue weighted by Gasteiger charge is 2.30. The smallest absolute Gasteiger partial charge is 0.227 e. The van der Waals surface area contributed by atoms with E-state index in [-0.39, 0.29) is 18.4 Å². The van der Waals surface area contributed by atoms with Gasteiger partial charge < -0.3 is 10.0 Å². The monoisotopic (exact) mass is 220 g/mol. The second-order valence-electron chi connectivity index (χ2n) is 4.31. The van der Waals surface area contributed by atoms with Gasteiger partial charge in [0.2, 0.25) is 5.91 Å². The minimum absolute atomic E-state index is 0.0632. The molecule has 1 amide bonds. The maximum absolute atomic E-state index is 11.8. The minimum Gasteiger partial charge on any atom is -0.396 e. The fraction of sp³-hybridized carbons (Fsp3) is 0.500. The Morgan fingerprint density at radius 3 is 2.81 bits per heavy atom. The molecule has 1 aliphatic rings. The van der Waals surface area contributed by atoms with Crippen molar-refractivity contribution in [3.63, 3.8) is 0 Å². The van der Waals surface area contributed by atoms with Crippen molar-refractivity contribution in [3.05, 3.63) is 23.5 Å². The van der Waals surface area contributed by atoms with Gasteiger partial charge in [-0.05, 0) is 26.0 Å². The first-order valence-corrected chi connectivity index (χ1v) is 5.47. The zero-order chi connectivity index (χ0) is 11.7. The molecule has 1 fully saturated rings. The van der Waals surface area contributed by atoms with E-state index in [4.69, 9.17) is 5.11 Å². The lowest BCUT2D eigenvalue weighted by atomic mass is 10.1. The van der Waals surface area contributed by atoms with E-state index < -0.39 is 0 Å². The Morgan fingerprint density at radius 2 is 2.25 bits per heavy atom. The summed E-state index contributed by atoms with van der Waals surface area (Å²) >= 11 is 0. The molecule has 0 bridgehead atoms. The Balaban J connectivity index is 2.28. The lowest BCUT2D eigenvalue weighted by Crippen LogP contribution is -2.26. The Bertz CT molecular complexity index is 417. The number of amides is 1. The maximum atomic E-state index is 11.8. The number of nitrogens with zero attached hydrogens (tertiary/aromatic N) is 2. The standard InChI is InChI=1S/C12H16N2O2/c1-8-3-4-11(9(2)13-8)14-6-10(7-15)5-12(14)16/h3-4,10,15H,5-7H2,1-2H3. The largest absolute Gasteiger partial charge is 0.396 e. The molecule has 4 heteroatoms. The first-order chi connectivity index (χ1) is 7.61. The highest BCUT2D eigenvalue weighted by Crippen LogP contribution is 2.26. The molecule has 1 atom stereocenters. The SMILES string of the molecule is Cc1ccc(N2CC(CO)CC2=O)c(C)n1. The van der Waals surface area contributed by atoms with Crippen LogP contribution in [-0.2, 0) is 4.79 Å². The van der Waals surface area contributed by atoms with E-state index >= 15 is 0 Å². The molecule has 2 heterocycles. The summed E-state index contributed by atoms with van der Waals surface area (Å²) in [6, 6.07) is 3.83. The third kappa shape index (κ3) is 1.93. The van der Waals surface area contributed by atoms with Crippen molar-refractivity contribution in [1.82, 2.24) is 4.98 Å². The van der Waals surface area contributed by atoms with E-state index in [1.807, 2.05) is 26.0 Å². The molecule has 1 aromatic heterocycles. The molecular formula is C12H16N2O2. The van der Waals surface area contributed by atoms with Crippen LogP contribution < -0.4 is 4.90 Å². The third-order valence-corrected chi connectivity index (χ3v) is 2.95. The van der Waals surface area contributed by atoms with E-state index in [0.29, 0.717) is 13.0 Å². The highest BCUT2D eigenvalue weighted by atomic mass is 16.3. The van der Waals surface area contributed by atoms with E-state index in [0.717, 1.165) is 17.1 Å². The number of carbonyl (C=O) groups is 1. The summed E-state index contributed by atoms with van der Waals surface area (Å²) in [6.45, 7) is 4.50. The second-order valence-corrected chi connectivity index (χ2v) is 4.31. The average Bonchev–Trinajstić information content (AvgIpc) is 2.60. The van der Waals surface area contributed by atoms with Gasteiger partial charge in [0.15, 0.2) is 0 Å². The van der Waals surface area contributed by atoms with Crippen molar-refractivity contribution >= 4 is 11.6 Å². The molecular weight excluding hydrogens is 204 g/mol. The summed E-state index contributed by atoms with van der Waals surface area (Å²) in [6.07, 6.45) is 0.434. The lowest BCUT2D eigenvalue weighted by molar-refractivity contribution is -0.117. The number of anilines is 1. The Labute approximate surface area is 94.9 Å². The summed E-state index contributed by atoms with van der Waals surface area (Å²) in [5.41, 5.74) is 2.69. The number of aryl methyl sites for hydroxylation is 2. The van der Waals surface area contributed by atoms with Crippen molar-refractivity contribution in [2.75, 3.05) is 18.1 Å². The van der Waals surface area contributed by atoms with Gasteiger partial charge in [0.25, 0.3) is 0 Å². The molecule has 0 aromatic carbocycles. The fourth-order valence-electron chi connectivity index (χ4n) is 2.10. The number of aromatic nitrogens is 1. The van der Waals surface area contributed by atoms with Crippen molar-refractivity contribution in [1.29, 1.82) is 0 Å². The van der Waals surface area contributed by atoms with Gasteiger partial charge in [-0.25, -0.2) is 0 Å². The van der Waals surface area contributed by atoms with Crippen molar-refractivity contribution in [2.24, 2.45) is 5.92 Å². The van der Waals surface area contributed by atoms with Crippen molar-refractivity contribution in [2.45, 2.75) is 20.3 Å². The normalized spacial score (nSPS) is 20.6. The number of carbonyl (C=O) groups excluding carboxylic acids is 1. The van der Waals surface area contributed by atoms with Crippen LogP contribution in [0, 0.1) is 19.8 Å². The average molecular weight is 220 g/mol. The van der Waals surface area contributed by atoms with Gasteiger partial charge >= 0.3 is 0 Å². The van der Waals surface area contributed by atoms with Gasteiger partial charge in [-0.2, -0.15) is 0 Å². The predicted octanol–water partition coefficient (Wildman–Crippen LogP) is 1.04. The van der Waals surface area contributed by atoms with Gasteiger partial charge in [0.1, 0.15) is 0 Å². The topological polar surface area (TPSA) is 53.4 Å². The summed E-state index contributed by atoms with van der Waals surface area (Å²) in [7, 11) is 0. The van der Waals surface area contributed by atoms with E-state index in [1.165, 1.54) is 0 Å². The summed E-state index contributed by atoms with van der Waals surface area (Å²) < 4.78 is 0. The van der Waals surface area contributed by atoms with Crippen LogP contribution in [0.25, 0.3) is 0 Å². The van der Waals surface area contributed by atoms with Crippen LogP contribution in [0.2, 0.25) is 0 Å². The highest BCUT2D eigenvalue weighted by molar-refractivity contribution is 5.96. The lowest BCUT2D eigenvalue weighted by Gasteiger charge is -2.18. The molecule has 16 heavy (non-hydrogen) atoms. The predicted molar refractivity (Wildman–Crippen MR) is 61.3 cm³/mol. The molecule has 86 valence electrons. The zero-order valence-electron chi connectivity index (χ0n) is 9.60. The third-order valence-electron chi connectivity index (χ3n) is 2.95. The van der Waals surface area contributed by atoms with E-state index in [9.17, 15) is 4.79 Å². The van der Waals surface area contributed by atoms with Crippen LogP contribution in [0.5, 0.6) is 0 Å². The van der Waals surface area contributed by atoms with Crippen LogP contribution in [0.4, 0.5) is 5.69 Å². The first-order valence-electron chi connectivity index (χ1n) is 5.47. The molecule has 0 radical (unpaired) electrons. The molecule has 0 spiro atoms. The van der Waals surface area contributed by atoms with Gasteiger partial charge in [0.05, 0.1) is 11.4 Å². The number of hydrogen-bond donors (Lipinski definition) is 1. The number of aliphatic hydroxyl groups is 1. The second kappa shape index (κ2) is 4.22. The Morgan fingerprint density at radius 1 is 1.50 bits per heavy atom. The molecule has 2 rings (SSSR count). The maximum Gasteiger partial charge on any atom is 0.227 e. The quantitative estimate of drug-likeness (QED) is 0.810. The number of hydrogen-bond acceptors (Lipinski definition) is 3. The van der Waals surface area contributed by atoms with E-state index in [2.05, 4.69) is 4.98 Å². The summed E-state index contributed by atoms with van der Waals surface area (Å²) in [5.74, 6) is 0.140. The molecule has 1 N–H and O–H groups in total. The Hall–Kier alpha value is -1.42. The summed E-state index contributed by atoms with van der Waals surface area (Å²) in [5, 5.41) is 9.07. The van der Waals surface area contributed by atoms with Gasteiger partial charge in [-0.1, -0.05) is 0 Å². The first kappa shape index (κ1) is 11.1. The molecule has 0 saturated carbocycles. The zero-order valence-corrected chi connectivity index (χ0v) is 9.60. The van der Waals surface area contributed by atoms with Gasteiger partial charge in [0, 0.05) is 31.2 Å². The number of rotatable bonds is 2. The molecule has 1 aliphatic heterocycles. The van der Waals surface area contributed by atoms with Crippen LogP contribution in [-0.4, -0.2) is 29.1 Å². The van der Waals surface area contributed by atoms with E-state index in [1.54, 1.807) is 4.90 Å². The Kier molecular flexibility index (Phi) is 2.92. The van der Waals surface area contributed by atoms with Crippen LogP contribution in [0.3, 0.4) is 0 Å². The van der Waals surface area contributed by atoms with Gasteiger partial charge in [-0.15, -0.1) is 0 Å². The molecule has 0 aliphatic carbocycles. The number of pyridine rings is 1. The molecule has 4 nitrogen and oxygen atoms in total. The molecule has 1 saturated heterocycles. The fourth-order valence-corrected chi connectivity index (χ4v) is 2.10. The summed E-state index contributed by atoms with van der Waals surface area (Å²) in [4.78, 5) is 17.8. The number of aliphatic hydroxyl groups excluding tert-OH is 1. The van der Waals surface area contributed by atoms with Crippen molar-refractivity contribution in [3.8, 4) is 0 Å².